The molecule has 0 saturated carbocycles. The lowest BCUT2D eigenvalue weighted by Gasteiger charge is -2.14. The van der Waals surface area contributed by atoms with Gasteiger partial charge in [-0.15, -0.1) is 0 Å². The second kappa shape index (κ2) is 12.9. The fourth-order valence-electron chi connectivity index (χ4n) is 4.99. The largest absolute Gasteiger partial charge is 0.493 e. The summed E-state index contributed by atoms with van der Waals surface area (Å²) in [7, 11) is 4.31. The Balaban J connectivity index is 1.36. The van der Waals surface area contributed by atoms with E-state index in [2.05, 4.69) is 4.98 Å². The molecule has 3 heterocycles. The van der Waals surface area contributed by atoms with Crippen molar-refractivity contribution in [3.63, 3.8) is 0 Å². The number of carbonyl (C=O) groups excluding carboxylic acids is 1. The van der Waals surface area contributed by atoms with Crippen molar-refractivity contribution >= 4 is 86.0 Å². The monoisotopic (exact) mass is 724 g/mol. The van der Waals surface area contributed by atoms with Crippen LogP contribution < -0.4 is 25.6 Å². The van der Waals surface area contributed by atoms with Gasteiger partial charge in [0.1, 0.15) is 0 Å². The minimum absolute atomic E-state index is 0.00987. The quantitative estimate of drug-likeness (QED) is 0.0821. The first kappa shape index (κ1) is 33.0. The number of nitro benzene ring substituents is 1. The zero-order valence-corrected chi connectivity index (χ0v) is 28.3. The lowest BCUT2D eigenvalue weighted by Crippen LogP contribution is -2.37. The van der Waals surface area contributed by atoms with Crippen molar-refractivity contribution in [3.05, 3.63) is 118 Å². The number of ether oxygens (including phenoxy) is 2. The topological polar surface area (TPSA) is 144 Å². The van der Waals surface area contributed by atoms with Crippen LogP contribution in [-0.2, 0) is 25.4 Å². The number of nitrogens with zero attached hydrogens (tertiary/aromatic N) is 6. The van der Waals surface area contributed by atoms with Gasteiger partial charge in [-0.2, -0.15) is 4.98 Å². The third-order valence-corrected chi connectivity index (χ3v) is 9.34. The van der Waals surface area contributed by atoms with Crippen LogP contribution in [-0.4, -0.2) is 40.9 Å². The Labute approximate surface area is 290 Å². The van der Waals surface area contributed by atoms with Crippen molar-refractivity contribution in [2.75, 3.05) is 12.0 Å². The molecule has 0 N–H and O–H groups in total. The van der Waals surface area contributed by atoms with E-state index in [0.29, 0.717) is 31.8 Å². The molecule has 0 radical (unpaired) electrons. The molecule has 17 heteroatoms. The minimum Gasteiger partial charge on any atom is -0.493 e. The average Bonchev–Trinajstić information content (AvgIpc) is 3.55. The Morgan fingerprint density at radius 3 is 2.40 bits per heavy atom. The van der Waals surface area contributed by atoms with Crippen LogP contribution in [0.5, 0.6) is 17.5 Å². The first-order valence-electron chi connectivity index (χ1n) is 13.9. The number of amides is 1. The zero-order chi connectivity index (χ0) is 34.4. The summed E-state index contributed by atoms with van der Waals surface area (Å²) in [5.41, 5.74) is 0.589. The van der Waals surface area contributed by atoms with Gasteiger partial charge in [0.15, 0.2) is 27.0 Å². The number of anilines is 1. The molecule has 1 aliphatic heterocycles. The smallest absolute Gasteiger partial charge is 0.332 e. The van der Waals surface area contributed by atoms with Crippen molar-refractivity contribution in [2.24, 2.45) is 14.1 Å². The van der Waals surface area contributed by atoms with Crippen molar-refractivity contribution < 1.29 is 19.2 Å². The average molecular weight is 726 g/mol. The normalized spacial score (nSPS) is 13.9. The van der Waals surface area contributed by atoms with E-state index in [0.717, 1.165) is 16.3 Å². The van der Waals surface area contributed by atoms with Gasteiger partial charge < -0.3 is 9.47 Å². The van der Waals surface area contributed by atoms with E-state index in [1.54, 1.807) is 42.5 Å². The highest BCUT2D eigenvalue weighted by atomic mass is 35.5. The van der Waals surface area contributed by atoms with E-state index >= 15 is 0 Å². The van der Waals surface area contributed by atoms with Gasteiger partial charge in [0.25, 0.3) is 17.2 Å². The van der Waals surface area contributed by atoms with Crippen molar-refractivity contribution in [2.45, 2.75) is 6.54 Å². The van der Waals surface area contributed by atoms with Crippen molar-refractivity contribution in [3.8, 4) is 17.5 Å². The summed E-state index contributed by atoms with van der Waals surface area (Å²) in [6.45, 7) is 0.0618. The van der Waals surface area contributed by atoms with Crippen molar-refractivity contribution in [1.29, 1.82) is 0 Å². The van der Waals surface area contributed by atoms with E-state index in [9.17, 15) is 24.5 Å². The number of methoxy groups -OCH3 is 1. The van der Waals surface area contributed by atoms with E-state index in [-0.39, 0.29) is 51.1 Å². The molecule has 0 unspecified atom stereocenters. The summed E-state index contributed by atoms with van der Waals surface area (Å²) in [6, 6.07) is 15.4. The molecule has 0 aliphatic carbocycles. The number of hydrogen-bond acceptors (Lipinski definition) is 10. The number of benzene rings is 3. The van der Waals surface area contributed by atoms with E-state index < -0.39 is 16.2 Å². The van der Waals surface area contributed by atoms with Crippen LogP contribution in [0, 0.1) is 10.1 Å². The molecule has 1 amide bonds. The van der Waals surface area contributed by atoms with Gasteiger partial charge in [-0.05, 0) is 53.6 Å². The molecule has 1 aliphatic rings. The number of imidazole rings is 1. The summed E-state index contributed by atoms with van der Waals surface area (Å²) in [5.74, 6) is 0.119. The van der Waals surface area contributed by atoms with Gasteiger partial charge in [-0.3, -0.25) is 38.3 Å². The number of halogens is 2. The number of thiocarbonyl (C=S) groups is 1. The summed E-state index contributed by atoms with van der Waals surface area (Å²) < 4.78 is 15.9. The molecule has 5 aromatic rings. The van der Waals surface area contributed by atoms with Gasteiger partial charge in [0.2, 0.25) is 0 Å². The molecular formula is C31H22Cl2N6O7S2. The van der Waals surface area contributed by atoms with E-state index in [1.807, 2.05) is 0 Å². The van der Waals surface area contributed by atoms with Crippen LogP contribution in [0.2, 0.25) is 10.0 Å². The van der Waals surface area contributed by atoms with E-state index in [1.165, 1.54) is 59.5 Å². The third-order valence-electron chi connectivity index (χ3n) is 7.46. The Morgan fingerprint density at radius 2 is 1.73 bits per heavy atom. The van der Waals surface area contributed by atoms with Gasteiger partial charge in [0.05, 0.1) is 29.2 Å². The predicted molar refractivity (Wildman–Crippen MR) is 188 cm³/mol. The molecule has 13 nitrogen and oxygen atoms in total. The van der Waals surface area contributed by atoms with Crippen LogP contribution in [0.15, 0.2) is 75.2 Å². The van der Waals surface area contributed by atoms with Gasteiger partial charge in [0, 0.05) is 36.3 Å². The van der Waals surface area contributed by atoms with Gasteiger partial charge in [-0.25, -0.2) is 4.79 Å². The summed E-state index contributed by atoms with van der Waals surface area (Å²) in [6.07, 6.45) is 1.63. The van der Waals surface area contributed by atoms with Gasteiger partial charge in [-0.1, -0.05) is 59.3 Å². The number of hydrogen-bond donors (Lipinski definition) is 0. The number of nitro groups is 1. The number of rotatable bonds is 8. The highest BCUT2D eigenvalue weighted by molar-refractivity contribution is 8.27. The van der Waals surface area contributed by atoms with Crippen LogP contribution >= 0.6 is 47.2 Å². The van der Waals surface area contributed by atoms with Crippen LogP contribution in [0.1, 0.15) is 11.1 Å². The molecule has 0 bridgehead atoms. The Kier molecular flexibility index (Phi) is 8.87. The maximum atomic E-state index is 13.3. The third kappa shape index (κ3) is 5.96. The Morgan fingerprint density at radius 1 is 1.00 bits per heavy atom. The second-order valence-electron chi connectivity index (χ2n) is 10.4. The Bertz CT molecular complexity index is 2330. The highest BCUT2D eigenvalue weighted by Crippen LogP contribution is 2.39. The molecule has 244 valence electrons. The van der Waals surface area contributed by atoms with Crippen LogP contribution in [0.3, 0.4) is 0 Å². The molecule has 6 rings (SSSR count). The lowest BCUT2D eigenvalue weighted by molar-refractivity contribution is -0.384. The predicted octanol–water partition coefficient (Wildman–Crippen LogP) is 5.90. The summed E-state index contributed by atoms with van der Waals surface area (Å²) in [5, 5.41) is 11.8. The number of carbonyl (C=O) groups is 1. The summed E-state index contributed by atoms with van der Waals surface area (Å²) >= 11 is 19.1. The summed E-state index contributed by atoms with van der Waals surface area (Å²) in [4.78, 5) is 56.0. The molecule has 1 fully saturated rings. The first-order chi connectivity index (χ1) is 22.9. The van der Waals surface area contributed by atoms with E-state index in [4.69, 9.17) is 44.9 Å². The van der Waals surface area contributed by atoms with Crippen LogP contribution in [0.25, 0.3) is 17.2 Å². The van der Waals surface area contributed by atoms with Crippen LogP contribution in [0.4, 0.5) is 11.4 Å². The molecule has 48 heavy (non-hydrogen) atoms. The minimum atomic E-state index is -0.575. The zero-order valence-electron chi connectivity index (χ0n) is 25.2. The van der Waals surface area contributed by atoms with Gasteiger partial charge >= 0.3 is 11.7 Å². The molecular weight excluding hydrogens is 703 g/mol. The second-order valence-corrected chi connectivity index (χ2v) is 12.9. The molecule has 0 spiro atoms. The number of fused-ring (bicyclic) bond motifs is 1. The molecule has 1 saturated heterocycles. The fourth-order valence-corrected chi connectivity index (χ4v) is 6.76. The fraction of sp³-hybridized carbons (Fsp3) is 0.129. The standard InChI is InChI=1S/C31H22Cl2N6O7S2/c1-35-26-25(28(41)36(2)30(35)42)37(15-17-5-6-18(32)14-21(17)33)29(34-26)46-22-11-4-16(12-23(22)45-3)13-24-27(40)38(31(47)48-24)19-7-9-20(10-8-19)39(43)44/h4-14H,15H2,1-3H3/b24-13+. The molecule has 3 aromatic carbocycles. The lowest BCUT2D eigenvalue weighted by atomic mass is 10.1. The van der Waals surface area contributed by atoms with Crippen molar-refractivity contribution in [1.82, 2.24) is 18.7 Å². The molecule has 2 aromatic heterocycles. The number of aromatic nitrogens is 4. The maximum Gasteiger partial charge on any atom is 0.332 e. The first-order valence-corrected chi connectivity index (χ1v) is 15.8. The number of thioether (sulfide) groups is 1. The number of aryl methyl sites for hydroxylation is 1. The Hall–Kier alpha value is -4.96. The molecule has 0 atom stereocenters. The maximum absolute atomic E-state index is 13.3. The highest BCUT2D eigenvalue weighted by Gasteiger charge is 2.33. The SMILES string of the molecule is COc1cc(/C=C2/SC(=S)N(c3ccc([N+](=O)[O-])cc3)C2=O)ccc1Oc1nc2c(c(=O)n(C)c(=O)n2C)n1Cc1ccc(Cl)cc1Cl. The number of non-ortho nitro benzene ring substituents is 1.